The third-order valence-corrected chi connectivity index (χ3v) is 1.52. The number of nitrogens with one attached hydrogen (secondary N) is 1. The van der Waals surface area contributed by atoms with E-state index in [9.17, 15) is 0 Å². The van der Waals surface area contributed by atoms with Crippen LogP contribution in [0.5, 0.6) is 0 Å². The average molecular weight is 248 g/mol. The summed E-state index contributed by atoms with van der Waals surface area (Å²) < 4.78 is 31.6. The van der Waals surface area contributed by atoms with Gasteiger partial charge in [-0.05, 0) is 38.1 Å². The highest BCUT2D eigenvalue weighted by molar-refractivity contribution is 7.79. The average Bonchev–Trinajstić information content (AvgIpc) is 2.75. The van der Waals surface area contributed by atoms with Crippen LogP contribution in [0.15, 0.2) is 30.6 Å². The molecule has 0 unspecified atom stereocenters. The largest absolute Gasteiger partial charge is 0.394 e. The molecule has 1 fully saturated rings. The highest BCUT2D eigenvalue weighted by Crippen LogP contribution is 1.90. The summed E-state index contributed by atoms with van der Waals surface area (Å²) in [5, 5.41) is 3.22. The molecule has 0 spiro atoms. The number of hydrogen-bond acceptors (Lipinski definition) is 4. The van der Waals surface area contributed by atoms with Crippen LogP contribution in [0.3, 0.4) is 0 Å². The van der Waals surface area contributed by atoms with Gasteiger partial charge in [0.25, 0.3) is 0 Å². The second kappa shape index (κ2) is 9.22. The Hall–Kier alpha value is -1.02. The van der Waals surface area contributed by atoms with Crippen LogP contribution in [-0.2, 0) is 10.4 Å². The zero-order valence-corrected chi connectivity index (χ0v) is 9.60. The Morgan fingerprint density at radius 1 is 1.00 bits per heavy atom. The highest BCUT2D eigenvalue weighted by Gasteiger charge is 1.93. The van der Waals surface area contributed by atoms with Crippen molar-refractivity contribution in [1.82, 2.24) is 10.3 Å². The molecule has 6 nitrogen and oxygen atoms in total. The maximum absolute atomic E-state index is 8.74. The lowest BCUT2D eigenvalue weighted by atomic mass is 10.4. The Bertz CT molecular complexity index is 295. The van der Waals surface area contributed by atoms with Crippen LogP contribution in [0.25, 0.3) is 0 Å². The molecule has 0 atom stereocenters. The van der Waals surface area contributed by atoms with E-state index < -0.39 is 10.4 Å². The smallest absolute Gasteiger partial charge is 0.317 e. The summed E-state index contributed by atoms with van der Waals surface area (Å²) in [5.74, 6) is 0. The molecule has 0 radical (unpaired) electrons. The summed E-state index contributed by atoms with van der Waals surface area (Å²) in [7, 11) is -4.67. The molecule has 1 aliphatic heterocycles. The van der Waals surface area contributed by atoms with Crippen LogP contribution in [0, 0.1) is 0 Å². The van der Waals surface area contributed by atoms with E-state index in [2.05, 4.69) is 10.3 Å². The zero-order chi connectivity index (χ0) is 12.3. The van der Waals surface area contributed by atoms with Crippen LogP contribution in [0.2, 0.25) is 0 Å². The molecule has 0 amide bonds. The standard InChI is InChI=1S/C5H5N.C4H9N.H2O4S/c1-2-4-6-5-3-1;1-2-4-5-3-1;1-5(2,3)4/h1-5H;5H,1-4H2;(H2,1,2,3,4). The van der Waals surface area contributed by atoms with Crippen molar-refractivity contribution in [3.05, 3.63) is 30.6 Å². The molecule has 3 N–H and O–H groups in total. The van der Waals surface area contributed by atoms with Crippen molar-refractivity contribution in [2.75, 3.05) is 13.1 Å². The second-order valence-electron chi connectivity index (χ2n) is 2.93. The molecule has 16 heavy (non-hydrogen) atoms. The quantitative estimate of drug-likeness (QED) is 0.587. The minimum Gasteiger partial charge on any atom is -0.317 e. The van der Waals surface area contributed by atoms with E-state index in [4.69, 9.17) is 17.5 Å². The number of pyridine rings is 1. The van der Waals surface area contributed by atoms with E-state index >= 15 is 0 Å². The Labute approximate surface area is 95.3 Å². The third kappa shape index (κ3) is 18.7. The predicted octanol–water partition coefficient (Wildman–Crippen LogP) is 0.799. The minimum absolute atomic E-state index is 1.25. The van der Waals surface area contributed by atoms with Crippen molar-refractivity contribution in [2.45, 2.75) is 12.8 Å². The van der Waals surface area contributed by atoms with Crippen LogP contribution in [-0.4, -0.2) is 35.6 Å². The van der Waals surface area contributed by atoms with Crippen LogP contribution >= 0.6 is 0 Å². The Morgan fingerprint density at radius 3 is 1.56 bits per heavy atom. The van der Waals surface area contributed by atoms with Gasteiger partial charge in [0.2, 0.25) is 0 Å². The summed E-state index contributed by atoms with van der Waals surface area (Å²) >= 11 is 0. The molecule has 1 aliphatic rings. The molecular formula is C9H16N2O4S. The second-order valence-corrected chi connectivity index (χ2v) is 3.83. The zero-order valence-electron chi connectivity index (χ0n) is 8.78. The van der Waals surface area contributed by atoms with E-state index in [1.54, 1.807) is 12.4 Å². The predicted molar refractivity (Wildman–Crippen MR) is 60.5 cm³/mol. The van der Waals surface area contributed by atoms with E-state index in [1.807, 2.05) is 18.2 Å². The summed E-state index contributed by atoms with van der Waals surface area (Å²) in [6, 6.07) is 5.72. The SMILES string of the molecule is C1CCNC1.O=S(=O)(O)O.c1ccncc1. The molecule has 92 valence electrons. The van der Waals surface area contributed by atoms with Gasteiger partial charge < -0.3 is 5.32 Å². The van der Waals surface area contributed by atoms with Gasteiger partial charge in [-0.2, -0.15) is 8.42 Å². The lowest BCUT2D eigenvalue weighted by molar-refractivity contribution is 0.381. The first-order valence-electron chi connectivity index (χ1n) is 4.76. The molecule has 2 rings (SSSR count). The van der Waals surface area contributed by atoms with Crippen LogP contribution in [0.1, 0.15) is 12.8 Å². The van der Waals surface area contributed by atoms with Gasteiger partial charge in [0.05, 0.1) is 0 Å². The lowest BCUT2D eigenvalue weighted by Crippen LogP contribution is -2.03. The van der Waals surface area contributed by atoms with Gasteiger partial charge >= 0.3 is 10.4 Å². The number of aromatic nitrogens is 1. The Kier molecular flexibility index (Phi) is 8.64. The van der Waals surface area contributed by atoms with Crippen molar-refractivity contribution < 1.29 is 17.5 Å². The topological polar surface area (TPSA) is 99.5 Å². The molecule has 7 heteroatoms. The van der Waals surface area contributed by atoms with Gasteiger partial charge in [-0.3, -0.25) is 14.1 Å². The van der Waals surface area contributed by atoms with Gasteiger partial charge in [0.1, 0.15) is 0 Å². The fourth-order valence-electron chi connectivity index (χ4n) is 0.938. The van der Waals surface area contributed by atoms with E-state index in [-0.39, 0.29) is 0 Å². The first-order valence-corrected chi connectivity index (χ1v) is 6.15. The van der Waals surface area contributed by atoms with Crippen molar-refractivity contribution in [3.8, 4) is 0 Å². The minimum atomic E-state index is -4.67. The first-order chi connectivity index (χ1) is 7.50. The van der Waals surface area contributed by atoms with Crippen LogP contribution in [0.4, 0.5) is 0 Å². The van der Waals surface area contributed by atoms with E-state index in [0.717, 1.165) is 0 Å². The highest BCUT2D eigenvalue weighted by atomic mass is 32.3. The Morgan fingerprint density at radius 2 is 1.44 bits per heavy atom. The monoisotopic (exact) mass is 248 g/mol. The number of nitrogens with zero attached hydrogens (tertiary/aromatic N) is 1. The van der Waals surface area contributed by atoms with E-state index in [1.165, 1.54) is 25.9 Å². The van der Waals surface area contributed by atoms with Crippen molar-refractivity contribution >= 4 is 10.4 Å². The summed E-state index contributed by atoms with van der Waals surface area (Å²) in [4.78, 5) is 3.78. The summed E-state index contributed by atoms with van der Waals surface area (Å²) in [6.45, 7) is 2.50. The van der Waals surface area contributed by atoms with Crippen LogP contribution < -0.4 is 5.32 Å². The Balaban J connectivity index is 0.000000213. The molecule has 0 saturated carbocycles. The van der Waals surface area contributed by atoms with Gasteiger partial charge in [-0.1, -0.05) is 6.07 Å². The molecule has 1 saturated heterocycles. The molecule has 0 bridgehead atoms. The van der Waals surface area contributed by atoms with Crippen molar-refractivity contribution in [2.24, 2.45) is 0 Å². The summed E-state index contributed by atoms with van der Waals surface area (Å²) in [5.41, 5.74) is 0. The maximum Gasteiger partial charge on any atom is 0.394 e. The molecular weight excluding hydrogens is 232 g/mol. The van der Waals surface area contributed by atoms with Gasteiger partial charge in [-0.25, -0.2) is 0 Å². The summed E-state index contributed by atoms with van der Waals surface area (Å²) in [6.07, 6.45) is 6.28. The fraction of sp³-hybridized carbons (Fsp3) is 0.444. The molecule has 0 aliphatic carbocycles. The molecule has 1 aromatic heterocycles. The normalized spacial score (nSPS) is 14.1. The lowest BCUT2D eigenvalue weighted by Gasteiger charge is -1.76. The molecule has 0 aromatic carbocycles. The third-order valence-electron chi connectivity index (χ3n) is 1.52. The van der Waals surface area contributed by atoms with Gasteiger partial charge in [0, 0.05) is 12.4 Å². The van der Waals surface area contributed by atoms with Crippen molar-refractivity contribution in [3.63, 3.8) is 0 Å². The van der Waals surface area contributed by atoms with E-state index in [0.29, 0.717) is 0 Å². The van der Waals surface area contributed by atoms with Crippen molar-refractivity contribution in [1.29, 1.82) is 0 Å². The maximum atomic E-state index is 8.74. The van der Waals surface area contributed by atoms with Gasteiger partial charge in [-0.15, -0.1) is 0 Å². The molecule has 1 aromatic rings. The number of hydrogen-bond donors (Lipinski definition) is 3. The number of rotatable bonds is 0. The molecule has 2 heterocycles. The fourth-order valence-corrected chi connectivity index (χ4v) is 0.938. The van der Waals surface area contributed by atoms with Gasteiger partial charge in [0.15, 0.2) is 0 Å². The first kappa shape index (κ1) is 15.0.